The molecular formula is C11H19Li. The van der Waals surface area contributed by atoms with Gasteiger partial charge in [-0.1, -0.05) is 50.5 Å². The summed E-state index contributed by atoms with van der Waals surface area (Å²) in [6, 6.07) is 0. The standard InChI is InChI=1S/C11H19.Li/c1-3-5-7-9-11-10-8-6-4-2;/h7,9-11H,1,3-6,8H2,2H3;/q-1;+1/b9-7+,11-10+;. The van der Waals surface area contributed by atoms with Crippen LogP contribution in [0.15, 0.2) is 24.3 Å². The van der Waals surface area contributed by atoms with E-state index in [2.05, 4.69) is 38.2 Å². The molecular weight excluding hydrogens is 139 g/mol. The second kappa shape index (κ2) is 13.7. The molecule has 0 bridgehead atoms. The zero-order valence-corrected chi connectivity index (χ0v) is 8.55. The minimum atomic E-state index is 0. The Hall–Kier alpha value is 0.0774. The van der Waals surface area contributed by atoms with Gasteiger partial charge in [0.25, 0.3) is 0 Å². The van der Waals surface area contributed by atoms with Crippen molar-refractivity contribution in [2.45, 2.75) is 39.0 Å². The molecule has 0 aliphatic heterocycles. The molecule has 0 heterocycles. The van der Waals surface area contributed by atoms with Gasteiger partial charge in [-0.15, -0.1) is 0 Å². The summed E-state index contributed by atoms with van der Waals surface area (Å²) in [6.45, 7) is 5.97. The van der Waals surface area contributed by atoms with E-state index in [1.54, 1.807) is 0 Å². The molecule has 64 valence electrons. The molecule has 0 N–H and O–H groups in total. The van der Waals surface area contributed by atoms with E-state index in [0.717, 1.165) is 12.8 Å². The molecule has 0 fully saturated rings. The molecule has 0 atom stereocenters. The van der Waals surface area contributed by atoms with Gasteiger partial charge < -0.3 is 6.92 Å². The van der Waals surface area contributed by atoms with Crippen LogP contribution in [-0.2, 0) is 0 Å². The van der Waals surface area contributed by atoms with E-state index < -0.39 is 0 Å². The summed E-state index contributed by atoms with van der Waals surface area (Å²) in [5, 5.41) is 0. The molecule has 0 aromatic heterocycles. The van der Waals surface area contributed by atoms with Gasteiger partial charge in [-0.05, 0) is 6.42 Å². The van der Waals surface area contributed by atoms with E-state index in [9.17, 15) is 0 Å². The molecule has 0 spiro atoms. The van der Waals surface area contributed by atoms with Crippen LogP contribution in [0.25, 0.3) is 0 Å². The van der Waals surface area contributed by atoms with E-state index in [-0.39, 0.29) is 18.9 Å². The van der Waals surface area contributed by atoms with Crippen LogP contribution < -0.4 is 18.9 Å². The zero-order valence-electron chi connectivity index (χ0n) is 8.55. The quantitative estimate of drug-likeness (QED) is 0.233. The molecule has 0 aromatic carbocycles. The maximum absolute atomic E-state index is 3.76. The van der Waals surface area contributed by atoms with Crippen LogP contribution in [0.2, 0.25) is 0 Å². The molecule has 0 aromatic rings. The van der Waals surface area contributed by atoms with Gasteiger partial charge in [-0.25, -0.2) is 0 Å². The summed E-state index contributed by atoms with van der Waals surface area (Å²) in [5.41, 5.74) is 0. The normalized spacial score (nSPS) is 10.8. The van der Waals surface area contributed by atoms with Gasteiger partial charge in [0, 0.05) is 0 Å². The Bertz CT molecular complexity index is 114. The molecule has 0 rings (SSSR count). The Labute approximate surface area is 89.3 Å². The van der Waals surface area contributed by atoms with E-state index in [0.29, 0.717) is 0 Å². The first-order valence-electron chi connectivity index (χ1n) is 4.52. The average molecular weight is 158 g/mol. The van der Waals surface area contributed by atoms with Crippen molar-refractivity contribution in [3.8, 4) is 0 Å². The van der Waals surface area contributed by atoms with Crippen molar-refractivity contribution < 1.29 is 18.9 Å². The van der Waals surface area contributed by atoms with Crippen molar-refractivity contribution in [2.24, 2.45) is 0 Å². The molecule has 0 aliphatic rings. The second-order valence-corrected chi connectivity index (χ2v) is 2.64. The Kier molecular flexibility index (Phi) is 16.6. The predicted octanol–water partition coefficient (Wildman–Crippen LogP) is 0.907. The monoisotopic (exact) mass is 158 g/mol. The first-order valence-corrected chi connectivity index (χ1v) is 4.52. The number of rotatable bonds is 6. The van der Waals surface area contributed by atoms with Crippen LogP contribution in [0.5, 0.6) is 0 Å². The Morgan fingerprint density at radius 1 is 1.08 bits per heavy atom. The third-order valence-corrected chi connectivity index (χ3v) is 1.48. The average Bonchev–Trinajstić information content (AvgIpc) is 2.03. The van der Waals surface area contributed by atoms with Crippen LogP contribution >= 0.6 is 0 Å². The van der Waals surface area contributed by atoms with Gasteiger partial charge in [-0.3, -0.25) is 0 Å². The van der Waals surface area contributed by atoms with Crippen molar-refractivity contribution in [2.75, 3.05) is 0 Å². The first kappa shape index (κ1) is 14.6. The van der Waals surface area contributed by atoms with Gasteiger partial charge >= 0.3 is 18.9 Å². The second-order valence-electron chi connectivity index (χ2n) is 2.64. The fourth-order valence-electron chi connectivity index (χ4n) is 0.789. The van der Waals surface area contributed by atoms with Gasteiger partial charge in [-0.2, -0.15) is 6.42 Å². The third kappa shape index (κ3) is 12.7. The van der Waals surface area contributed by atoms with Crippen LogP contribution in [0, 0.1) is 6.92 Å². The third-order valence-electron chi connectivity index (χ3n) is 1.48. The van der Waals surface area contributed by atoms with Crippen LogP contribution in [0.3, 0.4) is 0 Å². The molecule has 0 radical (unpaired) electrons. The molecule has 0 unspecified atom stereocenters. The van der Waals surface area contributed by atoms with E-state index in [4.69, 9.17) is 0 Å². The maximum Gasteiger partial charge on any atom is 1.00 e. The number of hydrogen-bond donors (Lipinski definition) is 0. The Morgan fingerprint density at radius 2 is 1.67 bits per heavy atom. The van der Waals surface area contributed by atoms with Crippen molar-refractivity contribution in [1.29, 1.82) is 0 Å². The predicted molar refractivity (Wildman–Crippen MR) is 52.4 cm³/mol. The van der Waals surface area contributed by atoms with Gasteiger partial charge in [0.05, 0.1) is 0 Å². The topological polar surface area (TPSA) is 0 Å². The molecule has 0 nitrogen and oxygen atoms in total. The van der Waals surface area contributed by atoms with E-state index >= 15 is 0 Å². The molecule has 0 amide bonds. The molecule has 0 aliphatic carbocycles. The van der Waals surface area contributed by atoms with E-state index in [1.165, 1.54) is 19.3 Å². The van der Waals surface area contributed by atoms with Crippen molar-refractivity contribution in [3.63, 3.8) is 0 Å². The zero-order chi connectivity index (χ0) is 8.36. The smallest absolute Gasteiger partial charge is 0.343 e. The number of unbranched alkanes of at least 4 members (excludes halogenated alkanes) is 3. The van der Waals surface area contributed by atoms with Gasteiger partial charge in [0.15, 0.2) is 0 Å². The molecule has 1 heteroatoms. The van der Waals surface area contributed by atoms with Crippen LogP contribution in [0.4, 0.5) is 0 Å². The first-order chi connectivity index (χ1) is 5.41. The van der Waals surface area contributed by atoms with Crippen molar-refractivity contribution >= 4 is 0 Å². The Balaban J connectivity index is 0. The summed E-state index contributed by atoms with van der Waals surface area (Å²) in [5.74, 6) is 0. The largest absolute Gasteiger partial charge is 1.00 e. The van der Waals surface area contributed by atoms with Crippen molar-refractivity contribution in [1.82, 2.24) is 0 Å². The number of hydrogen-bond acceptors (Lipinski definition) is 0. The van der Waals surface area contributed by atoms with E-state index in [1.807, 2.05) is 0 Å². The summed E-state index contributed by atoms with van der Waals surface area (Å²) >= 11 is 0. The fourth-order valence-corrected chi connectivity index (χ4v) is 0.789. The Morgan fingerprint density at radius 3 is 2.17 bits per heavy atom. The minimum Gasteiger partial charge on any atom is -0.343 e. The summed E-state index contributed by atoms with van der Waals surface area (Å²) < 4.78 is 0. The fraction of sp³-hybridized carbons (Fsp3) is 0.545. The van der Waals surface area contributed by atoms with Gasteiger partial charge in [0.2, 0.25) is 0 Å². The summed E-state index contributed by atoms with van der Waals surface area (Å²) in [7, 11) is 0. The van der Waals surface area contributed by atoms with Gasteiger partial charge in [0.1, 0.15) is 0 Å². The molecule has 0 saturated carbocycles. The SMILES string of the molecule is [CH2-]CC/C=C/C=C/CCCC.[Li+]. The summed E-state index contributed by atoms with van der Waals surface area (Å²) in [6.07, 6.45) is 14.5. The van der Waals surface area contributed by atoms with Crippen LogP contribution in [0.1, 0.15) is 39.0 Å². The van der Waals surface area contributed by atoms with Crippen LogP contribution in [-0.4, -0.2) is 0 Å². The maximum atomic E-state index is 3.76. The minimum absolute atomic E-state index is 0. The number of allylic oxidation sites excluding steroid dienone is 4. The summed E-state index contributed by atoms with van der Waals surface area (Å²) in [4.78, 5) is 0. The molecule has 0 saturated heterocycles. The molecule has 12 heavy (non-hydrogen) atoms. The van der Waals surface area contributed by atoms with Crippen molar-refractivity contribution in [3.05, 3.63) is 31.2 Å².